The van der Waals surface area contributed by atoms with Crippen LogP contribution in [0.5, 0.6) is 0 Å². The molecular weight excluding hydrogens is 624 g/mol. The summed E-state index contributed by atoms with van der Waals surface area (Å²) in [6.45, 7) is 0. The van der Waals surface area contributed by atoms with Gasteiger partial charge in [0.25, 0.3) is 10.0 Å². The van der Waals surface area contributed by atoms with Crippen LogP contribution in [-0.2, 0) is 33.8 Å². The Morgan fingerprint density at radius 2 is 1.58 bits per heavy atom. The molecule has 2 heterocycles. The van der Waals surface area contributed by atoms with Gasteiger partial charge in [-0.2, -0.15) is 31.3 Å². The van der Waals surface area contributed by atoms with E-state index in [2.05, 4.69) is 25.3 Å². The molecule has 8 nitrogen and oxygen atoms in total. The van der Waals surface area contributed by atoms with Gasteiger partial charge in [-0.1, -0.05) is 29.8 Å². The summed E-state index contributed by atoms with van der Waals surface area (Å²) in [5.41, 5.74) is 2.17. The zero-order valence-corrected chi connectivity index (χ0v) is 23.2. The Kier molecular flexibility index (Phi) is 9.15. The van der Waals surface area contributed by atoms with Crippen LogP contribution in [0.1, 0.15) is 16.7 Å². The van der Waals surface area contributed by atoms with E-state index in [0.29, 0.717) is 41.9 Å². The molecule has 1 aliphatic rings. The number of anilines is 5. The summed E-state index contributed by atoms with van der Waals surface area (Å²) < 4.78 is 99.2. The minimum absolute atomic E-state index is 0.251. The van der Waals surface area contributed by atoms with Crippen molar-refractivity contribution in [1.29, 1.82) is 0 Å². The van der Waals surface area contributed by atoms with Gasteiger partial charge in [-0.05, 0) is 72.5 Å². The summed E-state index contributed by atoms with van der Waals surface area (Å²) in [7, 11) is -4.30. The average molecular weight is 644 g/mol. The van der Waals surface area contributed by atoms with Crippen molar-refractivity contribution in [3.8, 4) is 0 Å². The third-order valence-electron chi connectivity index (χ3n) is 5.83. The van der Waals surface area contributed by atoms with Gasteiger partial charge in [-0.3, -0.25) is 9.52 Å². The predicted molar refractivity (Wildman–Crippen MR) is 148 cm³/mol. The highest BCUT2D eigenvalue weighted by atomic mass is 35.5. The van der Waals surface area contributed by atoms with Crippen LogP contribution in [0.25, 0.3) is 0 Å². The number of alkyl halides is 6. The molecule has 1 aliphatic heterocycles. The Morgan fingerprint density at radius 1 is 0.884 bits per heavy atom. The second-order valence-electron chi connectivity index (χ2n) is 9.00. The highest BCUT2D eigenvalue weighted by molar-refractivity contribution is 7.92. The molecule has 0 spiro atoms. The van der Waals surface area contributed by atoms with E-state index in [-0.39, 0.29) is 10.7 Å². The van der Waals surface area contributed by atoms with E-state index in [1.165, 1.54) is 6.20 Å². The largest absolute Gasteiger partial charge is 0.446 e. The molecule has 0 unspecified atom stereocenters. The van der Waals surface area contributed by atoms with Gasteiger partial charge in [-0.25, -0.2) is 13.4 Å². The number of fused-ring (bicyclic) bond motifs is 6. The van der Waals surface area contributed by atoms with Crippen LogP contribution >= 0.6 is 11.6 Å². The van der Waals surface area contributed by atoms with E-state index in [1.807, 2.05) is 24.3 Å². The molecule has 4 aromatic rings. The lowest BCUT2D eigenvalue weighted by Gasteiger charge is -2.16. The first-order chi connectivity index (χ1) is 20.1. The quantitative estimate of drug-likeness (QED) is 0.159. The number of carbonyl (C=O) groups is 1. The number of aldehydes is 1. The second-order valence-corrected chi connectivity index (χ2v) is 11.1. The van der Waals surface area contributed by atoms with Crippen LogP contribution in [0.15, 0.2) is 77.8 Å². The Morgan fingerprint density at radius 3 is 2.28 bits per heavy atom. The second kappa shape index (κ2) is 12.5. The number of carbonyl (C=O) groups excluding carboxylic acids is 1. The summed E-state index contributed by atoms with van der Waals surface area (Å²) in [5.74, 6) is 0.687. The van der Waals surface area contributed by atoms with Gasteiger partial charge in [0.05, 0.1) is 22.3 Å². The van der Waals surface area contributed by atoms with E-state index in [0.717, 1.165) is 29.4 Å². The highest BCUT2D eigenvalue weighted by Gasteiger charge is 2.32. The smallest absolute Gasteiger partial charge is 0.339 e. The summed E-state index contributed by atoms with van der Waals surface area (Å²) in [5, 5.41) is 6.54. The third kappa shape index (κ3) is 8.58. The Balaban J connectivity index is 0.000000641. The third-order valence-corrected chi connectivity index (χ3v) is 7.47. The lowest BCUT2D eigenvalue weighted by Crippen LogP contribution is -2.16. The molecule has 0 saturated carbocycles. The minimum Gasteiger partial charge on any atom is -0.339 e. The first-order valence-corrected chi connectivity index (χ1v) is 14.0. The van der Waals surface area contributed by atoms with E-state index < -0.39 is 39.1 Å². The van der Waals surface area contributed by atoms with Crippen molar-refractivity contribution in [2.45, 2.75) is 30.1 Å². The zero-order valence-electron chi connectivity index (χ0n) is 21.6. The number of nitrogens with zero attached hydrogens (tertiary/aromatic N) is 2. The maximum Gasteiger partial charge on any atom is 0.446 e. The maximum absolute atomic E-state index is 13.1. The Bertz CT molecular complexity index is 1750. The molecule has 16 heteroatoms. The molecule has 3 N–H and O–H groups in total. The number of hydrogen-bond donors (Lipinski definition) is 3. The number of aryl methyl sites for hydroxylation is 2. The van der Waals surface area contributed by atoms with Gasteiger partial charge in [-0.15, -0.1) is 0 Å². The van der Waals surface area contributed by atoms with Crippen LogP contribution in [0.2, 0.25) is 5.02 Å². The average Bonchev–Trinajstić information content (AvgIpc) is 2.94. The fourth-order valence-corrected chi connectivity index (χ4v) is 5.17. The normalized spacial score (nSPS) is 13.0. The lowest BCUT2D eigenvalue weighted by atomic mass is 10.0. The van der Waals surface area contributed by atoms with Crippen LogP contribution < -0.4 is 15.4 Å². The summed E-state index contributed by atoms with van der Waals surface area (Å²) in [6.07, 6.45) is -7.90. The fourth-order valence-electron chi connectivity index (χ4n) is 3.89. The SMILES string of the molecule is O=CC(F)(F)F.O=S(=O)(Nc1ccc2cc1CCc1cccc(c1)Nc1ncc(Cl)c(n1)N2)c1cccc(C(F)(F)F)c1. The van der Waals surface area contributed by atoms with E-state index in [9.17, 15) is 34.8 Å². The van der Waals surface area contributed by atoms with Gasteiger partial charge >= 0.3 is 12.4 Å². The molecule has 1 aromatic heterocycles. The molecule has 0 atom stereocenters. The fraction of sp³-hybridized carbons (Fsp3) is 0.148. The van der Waals surface area contributed by atoms with Crippen molar-refractivity contribution in [1.82, 2.24) is 9.97 Å². The Labute approximate surface area is 246 Å². The number of nitrogens with one attached hydrogen (secondary N) is 3. The summed E-state index contributed by atoms with van der Waals surface area (Å²) in [4.78, 5) is 16.8. The molecule has 0 aliphatic carbocycles. The van der Waals surface area contributed by atoms with Crippen molar-refractivity contribution in [2.75, 3.05) is 15.4 Å². The molecule has 43 heavy (non-hydrogen) atoms. The van der Waals surface area contributed by atoms with E-state index in [1.54, 1.807) is 18.2 Å². The van der Waals surface area contributed by atoms with Crippen molar-refractivity contribution >= 4 is 56.7 Å². The van der Waals surface area contributed by atoms with Crippen LogP contribution in [0, 0.1) is 0 Å². The number of halogens is 7. The van der Waals surface area contributed by atoms with Gasteiger partial charge in [0.15, 0.2) is 5.82 Å². The summed E-state index contributed by atoms with van der Waals surface area (Å²) in [6, 6.07) is 16.1. The molecule has 0 radical (unpaired) electrons. The zero-order chi connectivity index (χ0) is 31.4. The Hall–Kier alpha value is -4.37. The molecule has 3 aromatic carbocycles. The topological polar surface area (TPSA) is 113 Å². The number of aromatic nitrogens is 2. The van der Waals surface area contributed by atoms with Gasteiger partial charge in [0, 0.05) is 11.4 Å². The van der Waals surface area contributed by atoms with Crippen molar-refractivity contribution < 1.29 is 39.6 Å². The van der Waals surface area contributed by atoms with E-state index >= 15 is 0 Å². The molecule has 0 fully saturated rings. The molecule has 0 saturated heterocycles. The monoisotopic (exact) mass is 643 g/mol. The standard InChI is InChI=1S/C25H19ClF3N5O2S.C2HF3O/c26-21-14-30-24-32-18-5-1-3-15(11-18)7-8-16-12-19(31-23(21)33-24)9-10-22(16)34-37(35,36)20-6-2-4-17(13-20)25(27,28)29;3-2(4,5)1-6/h1-6,9-14,34H,7-8H2,(H2,30,31,32,33);1H. The molecule has 5 rings (SSSR count). The van der Waals surface area contributed by atoms with Crippen LogP contribution in [-0.4, -0.2) is 30.8 Å². The number of rotatable bonds is 3. The number of hydrogen-bond acceptors (Lipinski definition) is 7. The predicted octanol–water partition coefficient (Wildman–Crippen LogP) is 7.28. The van der Waals surface area contributed by atoms with Crippen LogP contribution in [0.4, 0.5) is 55.2 Å². The molecule has 0 amide bonds. The number of benzene rings is 3. The van der Waals surface area contributed by atoms with Gasteiger partial charge < -0.3 is 10.6 Å². The first-order valence-electron chi connectivity index (χ1n) is 12.1. The maximum atomic E-state index is 13.1. The first kappa shape index (κ1) is 31.6. The molecular formula is C27H20ClF6N5O3S. The van der Waals surface area contributed by atoms with Crippen LogP contribution in [0.3, 0.4) is 0 Å². The number of sulfonamides is 1. The van der Waals surface area contributed by atoms with E-state index in [4.69, 9.17) is 16.4 Å². The molecule has 6 bridgehead atoms. The van der Waals surface area contributed by atoms with Crippen molar-refractivity contribution in [3.63, 3.8) is 0 Å². The molecule has 226 valence electrons. The lowest BCUT2D eigenvalue weighted by molar-refractivity contribution is -0.156. The minimum atomic E-state index is -4.67. The summed E-state index contributed by atoms with van der Waals surface area (Å²) >= 11 is 6.28. The van der Waals surface area contributed by atoms with Crippen molar-refractivity contribution in [3.05, 3.63) is 94.6 Å². The van der Waals surface area contributed by atoms with Gasteiger partial charge in [0.1, 0.15) is 5.02 Å². The highest BCUT2D eigenvalue weighted by Crippen LogP contribution is 2.33. The van der Waals surface area contributed by atoms with Gasteiger partial charge in [0.2, 0.25) is 12.2 Å². The van der Waals surface area contributed by atoms with Crippen molar-refractivity contribution in [2.24, 2.45) is 0 Å².